The lowest BCUT2D eigenvalue weighted by atomic mass is 9.95. The molecule has 0 aromatic heterocycles. The van der Waals surface area contributed by atoms with Crippen molar-refractivity contribution in [2.24, 2.45) is 0 Å². The molecule has 8 nitrogen and oxygen atoms in total. The van der Waals surface area contributed by atoms with Crippen LogP contribution in [-0.4, -0.2) is 60.7 Å². The van der Waals surface area contributed by atoms with E-state index in [1.54, 1.807) is 4.90 Å². The third-order valence-electron chi connectivity index (χ3n) is 7.03. The van der Waals surface area contributed by atoms with Gasteiger partial charge in [-0.05, 0) is 62.1 Å². The van der Waals surface area contributed by atoms with Crippen LogP contribution in [0.15, 0.2) is 42.5 Å². The lowest BCUT2D eigenvalue weighted by Crippen LogP contribution is -2.50. The number of halogens is 6. The van der Waals surface area contributed by atoms with Gasteiger partial charge in [0.05, 0.1) is 22.7 Å². The van der Waals surface area contributed by atoms with Crippen molar-refractivity contribution in [2.75, 3.05) is 37.7 Å². The summed E-state index contributed by atoms with van der Waals surface area (Å²) in [6, 6.07) is 7.46. The molecule has 1 amide bonds. The van der Waals surface area contributed by atoms with E-state index >= 15 is 0 Å². The second-order valence-corrected chi connectivity index (χ2v) is 9.67. The summed E-state index contributed by atoms with van der Waals surface area (Å²) >= 11 is 0. The summed E-state index contributed by atoms with van der Waals surface area (Å²) < 4.78 is 89.3. The molecule has 0 radical (unpaired) electrons. The Bertz CT molecular complexity index is 1190. The summed E-state index contributed by atoms with van der Waals surface area (Å²) in [5.41, 5.74) is -2.48. The number of nitro benzene ring substituents is 1. The second kappa shape index (κ2) is 11.9. The molecule has 1 saturated carbocycles. The zero-order valence-corrected chi connectivity index (χ0v) is 21.2. The summed E-state index contributed by atoms with van der Waals surface area (Å²) in [5, 5.41) is 10.9. The van der Waals surface area contributed by atoms with Crippen LogP contribution in [0.5, 0.6) is 5.75 Å². The molecular formula is C26H27F6N3O5. The summed E-state index contributed by atoms with van der Waals surface area (Å²) in [6.45, 7) is 1.61. The van der Waals surface area contributed by atoms with Gasteiger partial charge in [0, 0.05) is 37.9 Å². The van der Waals surface area contributed by atoms with Crippen LogP contribution in [0.2, 0.25) is 0 Å². The predicted molar refractivity (Wildman–Crippen MR) is 131 cm³/mol. The minimum absolute atomic E-state index is 0.104. The van der Waals surface area contributed by atoms with Crippen molar-refractivity contribution in [1.82, 2.24) is 4.90 Å². The highest BCUT2D eigenvalue weighted by Gasteiger charge is 2.39. The van der Waals surface area contributed by atoms with Crippen LogP contribution in [0.1, 0.15) is 36.8 Å². The number of hydrogen-bond donors (Lipinski definition) is 0. The fourth-order valence-corrected chi connectivity index (χ4v) is 4.84. The van der Waals surface area contributed by atoms with Crippen molar-refractivity contribution in [1.29, 1.82) is 0 Å². The SMILES string of the molecule is O=C(CO[C@H]1CC[C@H](Oc2ccc([N+](=O)[O-])c(C(F)(F)F)c2)CC1)N1CCN(c2ccc(C(F)(F)F)cc2)CC1. The van der Waals surface area contributed by atoms with Gasteiger partial charge in [0.15, 0.2) is 0 Å². The number of piperazine rings is 1. The highest BCUT2D eigenvalue weighted by atomic mass is 19.4. The number of ether oxygens (including phenoxy) is 2. The number of hydrogen-bond acceptors (Lipinski definition) is 6. The van der Waals surface area contributed by atoms with Crippen LogP contribution < -0.4 is 9.64 Å². The van der Waals surface area contributed by atoms with Gasteiger partial charge in [-0.25, -0.2) is 0 Å². The Labute approximate surface area is 225 Å². The molecule has 2 aromatic carbocycles. The Morgan fingerprint density at radius 1 is 0.875 bits per heavy atom. The molecule has 1 heterocycles. The smallest absolute Gasteiger partial charge is 0.423 e. The molecule has 0 N–H and O–H groups in total. The number of anilines is 1. The quantitative estimate of drug-likeness (QED) is 0.240. The average Bonchev–Trinajstić information content (AvgIpc) is 2.91. The summed E-state index contributed by atoms with van der Waals surface area (Å²) in [4.78, 5) is 26.0. The topological polar surface area (TPSA) is 85.1 Å². The van der Waals surface area contributed by atoms with Gasteiger partial charge in [-0.3, -0.25) is 14.9 Å². The first-order valence-electron chi connectivity index (χ1n) is 12.6. The average molecular weight is 576 g/mol. The largest absolute Gasteiger partial charge is 0.490 e. The standard InChI is InChI=1S/C26H27F6N3O5/c27-25(28,29)17-1-3-18(4-2-17)33-11-13-34(14-12-33)24(36)16-39-19-5-7-20(8-6-19)40-21-9-10-23(35(37)38)22(15-21)26(30,31)32/h1-4,9-10,15,19-20H,5-8,11-14,16H2/t19-,20-. The lowest BCUT2D eigenvalue weighted by molar-refractivity contribution is -0.388. The van der Waals surface area contributed by atoms with Crippen LogP contribution in [0.25, 0.3) is 0 Å². The van der Waals surface area contributed by atoms with Crippen LogP contribution >= 0.6 is 0 Å². The lowest BCUT2D eigenvalue weighted by Gasteiger charge is -2.36. The van der Waals surface area contributed by atoms with Crippen molar-refractivity contribution in [2.45, 2.75) is 50.2 Å². The number of nitrogens with zero attached hydrogens (tertiary/aromatic N) is 3. The maximum atomic E-state index is 13.2. The van der Waals surface area contributed by atoms with Crippen LogP contribution in [-0.2, 0) is 21.9 Å². The Balaban J connectivity index is 1.19. The van der Waals surface area contributed by atoms with E-state index in [0.29, 0.717) is 63.6 Å². The normalized spacial score (nSPS) is 20.4. The van der Waals surface area contributed by atoms with Crippen molar-refractivity contribution in [3.63, 3.8) is 0 Å². The Morgan fingerprint density at radius 3 is 2.02 bits per heavy atom. The third kappa shape index (κ3) is 7.34. The highest BCUT2D eigenvalue weighted by Crippen LogP contribution is 2.39. The maximum absolute atomic E-state index is 13.2. The molecule has 1 saturated heterocycles. The molecule has 0 atom stereocenters. The van der Waals surface area contributed by atoms with E-state index in [-0.39, 0.29) is 24.4 Å². The van der Waals surface area contributed by atoms with Crippen LogP contribution in [0.3, 0.4) is 0 Å². The molecule has 4 rings (SSSR count). The predicted octanol–water partition coefficient (Wildman–Crippen LogP) is 5.69. The van der Waals surface area contributed by atoms with Crippen molar-refractivity contribution < 1.29 is 45.5 Å². The summed E-state index contributed by atoms with van der Waals surface area (Å²) in [5.74, 6) is -0.302. The molecule has 1 aliphatic carbocycles. The van der Waals surface area contributed by atoms with E-state index in [2.05, 4.69) is 0 Å². The fraction of sp³-hybridized carbons (Fsp3) is 0.500. The highest BCUT2D eigenvalue weighted by molar-refractivity contribution is 5.77. The number of benzene rings is 2. The Hall–Kier alpha value is -3.55. The van der Waals surface area contributed by atoms with E-state index in [4.69, 9.17) is 9.47 Å². The zero-order chi connectivity index (χ0) is 29.1. The molecular weight excluding hydrogens is 548 g/mol. The number of carbonyl (C=O) groups is 1. The molecule has 0 bridgehead atoms. The molecule has 0 unspecified atom stereocenters. The van der Waals surface area contributed by atoms with Gasteiger partial charge < -0.3 is 19.3 Å². The second-order valence-electron chi connectivity index (χ2n) is 9.67. The Kier molecular flexibility index (Phi) is 8.76. The van der Waals surface area contributed by atoms with E-state index in [1.165, 1.54) is 12.1 Å². The molecule has 40 heavy (non-hydrogen) atoms. The first-order valence-corrected chi connectivity index (χ1v) is 12.6. The monoisotopic (exact) mass is 575 g/mol. The third-order valence-corrected chi connectivity index (χ3v) is 7.03. The van der Waals surface area contributed by atoms with Gasteiger partial charge in [-0.2, -0.15) is 26.3 Å². The molecule has 0 spiro atoms. The summed E-state index contributed by atoms with van der Waals surface area (Å²) in [6.07, 6.45) is -7.90. The first-order chi connectivity index (χ1) is 18.8. The van der Waals surface area contributed by atoms with Gasteiger partial charge in [0.1, 0.15) is 17.9 Å². The molecule has 14 heteroatoms. The van der Waals surface area contributed by atoms with E-state index in [1.807, 2.05) is 4.90 Å². The summed E-state index contributed by atoms with van der Waals surface area (Å²) in [7, 11) is 0. The van der Waals surface area contributed by atoms with Crippen LogP contribution in [0, 0.1) is 10.1 Å². The molecule has 2 fully saturated rings. The number of carbonyl (C=O) groups excluding carboxylic acids is 1. The number of nitro groups is 1. The number of amides is 1. The van der Waals surface area contributed by atoms with Gasteiger partial charge in [-0.1, -0.05) is 0 Å². The maximum Gasteiger partial charge on any atom is 0.423 e. The van der Waals surface area contributed by atoms with E-state index < -0.39 is 40.2 Å². The minimum Gasteiger partial charge on any atom is -0.490 e. The zero-order valence-electron chi connectivity index (χ0n) is 21.2. The van der Waals surface area contributed by atoms with Crippen molar-refractivity contribution >= 4 is 17.3 Å². The first kappa shape index (κ1) is 29.4. The van der Waals surface area contributed by atoms with Gasteiger partial charge >= 0.3 is 12.4 Å². The van der Waals surface area contributed by atoms with Crippen molar-refractivity contribution in [3.8, 4) is 5.75 Å². The number of rotatable bonds is 7. The van der Waals surface area contributed by atoms with Gasteiger partial charge in [-0.15, -0.1) is 0 Å². The molecule has 2 aliphatic rings. The van der Waals surface area contributed by atoms with Crippen molar-refractivity contribution in [3.05, 3.63) is 63.7 Å². The molecule has 2 aromatic rings. The van der Waals surface area contributed by atoms with Crippen LogP contribution in [0.4, 0.5) is 37.7 Å². The molecule has 218 valence electrons. The van der Waals surface area contributed by atoms with Gasteiger partial charge in [0.2, 0.25) is 5.91 Å². The van der Waals surface area contributed by atoms with Gasteiger partial charge in [0.25, 0.3) is 5.69 Å². The van der Waals surface area contributed by atoms with E-state index in [9.17, 15) is 41.3 Å². The fourth-order valence-electron chi connectivity index (χ4n) is 4.84. The Morgan fingerprint density at radius 2 is 1.48 bits per heavy atom. The molecule has 1 aliphatic heterocycles. The minimum atomic E-state index is -4.89. The number of alkyl halides is 6. The van der Waals surface area contributed by atoms with E-state index in [0.717, 1.165) is 24.3 Å².